The zero-order valence-electron chi connectivity index (χ0n) is 12.3. The number of anilines is 1. The van der Waals surface area contributed by atoms with Gasteiger partial charge in [-0.3, -0.25) is 14.8 Å². The molecule has 1 heterocycles. The lowest BCUT2D eigenvalue weighted by Gasteiger charge is -2.07. The monoisotopic (exact) mass is 306 g/mol. The molecule has 2 rings (SSSR count). The molecule has 0 atom stereocenters. The molecule has 1 aromatic heterocycles. The van der Waals surface area contributed by atoms with Gasteiger partial charge in [0.2, 0.25) is 0 Å². The Morgan fingerprint density at radius 1 is 1.43 bits per heavy atom. The number of nitrogens with one attached hydrogen (secondary N) is 1. The highest BCUT2D eigenvalue weighted by Gasteiger charge is 2.13. The zero-order chi connectivity index (χ0) is 15.4. The first-order valence-electron chi connectivity index (χ1n) is 6.66. The van der Waals surface area contributed by atoms with Gasteiger partial charge in [-0.1, -0.05) is 6.07 Å². The summed E-state index contributed by atoms with van der Waals surface area (Å²) >= 11 is 1.66. The molecule has 0 amide bonds. The molecule has 0 saturated carbocycles. The molecule has 1 N–H and O–H groups in total. The number of thioether (sulfide) groups is 1. The number of benzene rings is 1. The molecule has 0 fully saturated rings. The molecule has 6 nitrogen and oxygen atoms in total. The first-order valence-corrected chi connectivity index (χ1v) is 7.64. The smallest absolute Gasteiger partial charge is 0.292 e. The van der Waals surface area contributed by atoms with Crippen LogP contribution in [0.3, 0.4) is 0 Å². The van der Waals surface area contributed by atoms with E-state index < -0.39 is 0 Å². The Kier molecular flexibility index (Phi) is 4.85. The highest BCUT2D eigenvalue weighted by molar-refractivity contribution is 7.98. The van der Waals surface area contributed by atoms with E-state index in [1.165, 1.54) is 0 Å². The maximum Gasteiger partial charge on any atom is 0.292 e. The SMILES string of the molecule is CCNc1cc(CSc2cc(C)nn2C)ccc1[N+](=O)[O-]. The van der Waals surface area contributed by atoms with Gasteiger partial charge in [-0.2, -0.15) is 5.10 Å². The van der Waals surface area contributed by atoms with Crippen molar-refractivity contribution in [2.45, 2.75) is 24.6 Å². The summed E-state index contributed by atoms with van der Waals surface area (Å²) in [5, 5.41) is 19.4. The second kappa shape index (κ2) is 6.62. The van der Waals surface area contributed by atoms with E-state index in [4.69, 9.17) is 0 Å². The van der Waals surface area contributed by atoms with Crippen molar-refractivity contribution in [2.24, 2.45) is 7.05 Å². The maximum absolute atomic E-state index is 11.0. The highest BCUT2D eigenvalue weighted by Crippen LogP contribution is 2.29. The van der Waals surface area contributed by atoms with E-state index in [-0.39, 0.29) is 10.6 Å². The molecule has 0 bridgehead atoms. The Balaban J connectivity index is 2.15. The fraction of sp³-hybridized carbons (Fsp3) is 0.357. The summed E-state index contributed by atoms with van der Waals surface area (Å²) in [6.07, 6.45) is 0. The number of nitro groups is 1. The topological polar surface area (TPSA) is 73.0 Å². The second-order valence-corrected chi connectivity index (χ2v) is 5.67. The van der Waals surface area contributed by atoms with Crippen LogP contribution in [0.15, 0.2) is 29.3 Å². The number of hydrogen-bond donors (Lipinski definition) is 1. The number of nitro benzene ring substituents is 1. The Bertz CT molecular complexity index is 654. The van der Waals surface area contributed by atoms with E-state index in [1.54, 1.807) is 23.9 Å². The largest absolute Gasteiger partial charge is 0.380 e. The molecular weight excluding hydrogens is 288 g/mol. The number of aryl methyl sites for hydroxylation is 2. The molecular formula is C14H18N4O2S. The van der Waals surface area contributed by atoms with Crippen molar-refractivity contribution in [2.75, 3.05) is 11.9 Å². The van der Waals surface area contributed by atoms with Crippen molar-refractivity contribution in [3.63, 3.8) is 0 Å². The average Bonchev–Trinajstić information content (AvgIpc) is 2.75. The molecule has 0 radical (unpaired) electrons. The van der Waals surface area contributed by atoms with Crippen LogP contribution in [0.2, 0.25) is 0 Å². The molecule has 0 aliphatic rings. The van der Waals surface area contributed by atoms with E-state index in [2.05, 4.69) is 10.4 Å². The minimum Gasteiger partial charge on any atom is -0.380 e. The van der Waals surface area contributed by atoms with E-state index in [1.807, 2.05) is 37.7 Å². The van der Waals surface area contributed by atoms with Gasteiger partial charge < -0.3 is 5.32 Å². The standard InChI is InChI=1S/C14H18N4O2S/c1-4-15-12-8-11(5-6-13(12)18(19)20)9-21-14-7-10(2)16-17(14)3/h5-8,15H,4,9H2,1-3H3. The Labute approximate surface area is 127 Å². The van der Waals surface area contributed by atoms with Crippen LogP contribution in [0.5, 0.6) is 0 Å². The van der Waals surface area contributed by atoms with Gasteiger partial charge >= 0.3 is 0 Å². The van der Waals surface area contributed by atoms with Crippen LogP contribution in [0.25, 0.3) is 0 Å². The van der Waals surface area contributed by atoms with Gasteiger partial charge in [-0.05, 0) is 31.5 Å². The molecule has 21 heavy (non-hydrogen) atoms. The fourth-order valence-electron chi connectivity index (χ4n) is 2.04. The quantitative estimate of drug-likeness (QED) is 0.503. The van der Waals surface area contributed by atoms with Crippen LogP contribution in [0.4, 0.5) is 11.4 Å². The van der Waals surface area contributed by atoms with Gasteiger partial charge in [0.1, 0.15) is 5.69 Å². The van der Waals surface area contributed by atoms with Gasteiger partial charge in [-0.15, -0.1) is 11.8 Å². The summed E-state index contributed by atoms with van der Waals surface area (Å²) in [5.41, 5.74) is 2.71. The first kappa shape index (κ1) is 15.4. The zero-order valence-corrected chi connectivity index (χ0v) is 13.1. The van der Waals surface area contributed by atoms with Crippen LogP contribution in [0.1, 0.15) is 18.2 Å². The Hall–Kier alpha value is -2.02. The van der Waals surface area contributed by atoms with Crippen molar-refractivity contribution >= 4 is 23.1 Å². The summed E-state index contributed by atoms with van der Waals surface area (Å²) in [5.74, 6) is 0.745. The van der Waals surface area contributed by atoms with Gasteiger partial charge in [0.05, 0.1) is 15.6 Å². The Morgan fingerprint density at radius 3 is 2.76 bits per heavy atom. The van der Waals surface area contributed by atoms with Gasteiger partial charge in [0, 0.05) is 25.4 Å². The maximum atomic E-state index is 11.0. The Morgan fingerprint density at radius 2 is 2.19 bits per heavy atom. The summed E-state index contributed by atoms with van der Waals surface area (Å²) in [4.78, 5) is 10.6. The van der Waals surface area contributed by atoms with Gasteiger partial charge in [-0.25, -0.2) is 0 Å². The lowest BCUT2D eigenvalue weighted by molar-refractivity contribution is -0.384. The predicted molar refractivity (Wildman–Crippen MR) is 84.8 cm³/mol. The van der Waals surface area contributed by atoms with Crippen molar-refractivity contribution in [3.8, 4) is 0 Å². The van der Waals surface area contributed by atoms with Crippen molar-refractivity contribution in [1.82, 2.24) is 9.78 Å². The van der Waals surface area contributed by atoms with Gasteiger partial charge in [0.25, 0.3) is 5.69 Å². The number of aromatic nitrogens is 2. The van der Waals surface area contributed by atoms with Crippen LogP contribution in [-0.4, -0.2) is 21.2 Å². The molecule has 1 aromatic carbocycles. The van der Waals surface area contributed by atoms with Crippen LogP contribution in [0, 0.1) is 17.0 Å². The summed E-state index contributed by atoms with van der Waals surface area (Å²) in [7, 11) is 1.91. The number of hydrogen-bond acceptors (Lipinski definition) is 5. The van der Waals surface area contributed by atoms with Gasteiger partial charge in [0.15, 0.2) is 0 Å². The molecule has 2 aromatic rings. The molecule has 0 spiro atoms. The second-order valence-electron chi connectivity index (χ2n) is 4.68. The van der Waals surface area contributed by atoms with Crippen LogP contribution < -0.4 is 5.32 Å². The van der Waals surface area contributed by atoms with E-state index in [9.17, 15) is 10.1 Å². The molecule has 7 heteroatoms. The highest BCUT2D eigenvalue weighted by atomic mass is 32.2. The summed E-state index contributed by atoms with van der Waals surface area (Å²) in [6.45, 7) is 4.53. The average molecular weight is 306 g/mol. The lowest BCUT2D eigenvalue weighted by atomic mass is 10.2. The lowest BCUT2D eigenvalue weighted by Crippen LogP contribution is -2.02. The van der Waals surface area contributed by atoms with Crippen LogP contribution >= 0.6 is 11.8 Å². The molecule has 0 aliphatic heterocycles. The molecule has 0 unspecified atom stereocenters. The molecule has 112 valence electrons. The third-order valence-electron chi connectivity index (χ3n) is 2.97. The van der Waals surface area contributed by atoms with Crippen LogP contribution in [-0.2, 0) is 12.8 Å². The third kappa shape index (κ3) is 3.75. The van der Waals surface area contributed by atoms with E-state index in [0.29, 0.717) is 12.2 Å². The van der Waals surface area contributed by atoms with Crippen molar-refractivity contribution in [1.29, 1.82) is 0 Å². The number of rotatable bonds is 6. The van der Waals surface area contributed by atoms with E-state index >= 15 is 0 Å². The fourth-order valence-corrected chi connectivity index (χ4v) is 3.02. The summed E-state index contributed by atoms with van der Waals surface area (Å²) < 4.78 is 1.84. The predicted octanol–water partition coefficient (Wildman–Crippen LogP) is 3.36. The van der Waals surface area contributed by atoms with Crippen molar-refractivity contribution < 1.29 is 4.92 Å². The summed E-state index contributed by atoms with van der Waals surface area (Å²) in [6, 6.07) is 7.23. The minimum absolute atomic E-state index is 0.113. The normalized spacial score (nSPS) is 10.6. The van der Waals surface area contributed by atoms with Crippen molar-refractivity contribution in [3.05, 3.63) is 45.6 Å². The number of nitrogens with zero attached hydrogens (tertiary/aromatic N) is 3. The molecule has 0 saturated heterocycles. The minimum atomic E-state index is -0.362. The molecule has 0 aliphatic carbocycles. The first-order chi connectivity index (χ1) is 10.0. The van der Waals surface area contributed by atoms with E-state index in [0.717, 1.165) is 22.0 Å². The third-order valence-corrected chi connectivity index (χ3v) is 4.13.